The van der Waals surface area contributed by atoms with Crippen molar-refractivity contribution in [3.63, 3.8) is 0 Å². The number of methoxy groups -OCH3 is 1. The minimum absolute atomic E-state index is 0.0185. The average molecular weight is 540 g/mol. The first-order valence-corrected chi connectivity index (χ1v) is 14.0. The van der Waals surface area contributed by atoms with Gasteiger partial charge in [0.15, 0.2) is 5.78 Å². The summed E-state index contributed by atoms with van der Waals surface area (Å²) in [5, 5.41) is 0.943. The van der Waals surface area contributed by atoms with Crippen LogP contribution in [0.25, 0.3) is 10.9 Å². The highest BCUT2D eigenvalue weighted by atomic mass is 16.5. The number of hydrogen-bond donors (Lipinski definition) is 1. The lowest BCUT2D eigenvalue weighted by Crippen LogP contribution is -2.40. The van der Waals surface area contributed by atoms with Crippen LogP contribution in [0.1, 0.15) is 69.9 Å². The molecule has 1 aliphatic heterocycles. The number of piperidine rings is 1. The summed E-state index contributed by atoms with van der Waals surface area (Å²) in [5.41, 5.74) is 4.45. The predicted molar refractivity (Wildman–Crippen MR) is 157 cm³/mol. The van der Waals surface area contributed by atoms with Crippen LogP contribution in [0.4, 0.5) is 0 Å². The number of nitrogens with one attached hydrogen (secondary N) is 1. The number of hydrogen-bond acceptors (Lipinski definition) is 4. The van der Waals surface area contributed by atoms with Gasteiger partial charge in [0.1, 0.15) is 5.75 Å². The highest BCUT2D eigenvalue weighted by Gasteiger charge is 2.30. The van der Waals surface area contributed by atoms with Crippen LogP contribution in [0.3, 0.4) is 0 Å². The third kappa shape index (κ3) is 5.20. The van der Waals surface area contributed by atoms with E-state index in [1.54, 1.807) is 13.2 Å². The van der Waals surface area contributed by atoms with E-state index in [-0.39, 0.29) is 29.7 Å². The molecule has 1 fully saturated rings. The molecule has 0 bridgehead atoms. The van der Waals surface area contributed by atoms with Gasteiger partial charge in [-0.3, -0.25) is 14.4 Å². The van der Waals surface area contributed by atoms with Crippen molar-refractivity contribution in [1.29, 1.82) is 0 Å². The maximum atomic E-state index is 13.7. The van der Waals surface area contributed by atoms with E-state index in [1.807, 2.05) is 67.3 Å². The van der Waals surface area contributed by atoms with Crippen molar-refractivity contribution >= 4 is 22.6 Å². The van der Waals surface area contributed by atoms with E-state index in [2.05, 4.69) is 22.5 Å². The summed E-state index contributed by atoms with van der Waals surface area (Å²) in [6.07, 6.45) is 2.33. The molecule has 2 aromatic heterocycles. The number of amides is 1. The van der Waals surface area contributed by atoms with Crippen LogP contribution in [0.5, 0.6) is 5.75 Å². The lowest BCUT2D eigenvalue weighted by Gasteiger charge is -2.36. The van der Waals surface area contributed by atoms with E-state index in [1.165, 1.54) is 0 Å². The Balaban J connectivity index is 1.36. The number of aromatic nitrogens is 2. The second-order valence-corrected chi connectivity index (χ2v) is 10.8. The Morgan fingerprint density at radius 3 is 2.40 bits per heavy atom. The zero-order chi connectivity index (χ0) is 28.4. The van der Waals surface area contributed by atoms with Crippen molar-refractivity contribution in [2.75, 3.05) is 20.2 Å². The Morgan fingerprint density at radius 1 is 1.02 bits per heavy atom. The fourth-order valence-corrected chi connectivity index (χ4v) is 6.30. The number of nitrogens with zero attached hydrogens (tertiary/aromatic N) is 2. The first-order valence-electron chi connectivity index (χ1n) is 14.0. The molecule has 208 valence electrons. The van der Waals surface area contributed by atoms with Gasteiger partial charge in [0.25, 0.3) is 11.5 Å². The van der Waals surface area contributed by atoms with E-state index >= 15 is 0 Å². The molecule has 0 radical (unpaired) electrons. The van der Waals surface area contributed by atoms with Crippen molar-refractivity contribution in [3.8, 4) is 5.75 Å². The maximum Gasteiger partial charge on any atom is 0.255 e. The number of para-hydroxylation sites is 1. The van der Waals surface area contributed by atoms with Crippen LogP contribution in [0.15, 0.2) is 65.5 Å². The van der Waals surface area contributed by atoms with Gasteiger partial charge in [-0.1, -0.05) is 36.4 Å². The minimum atomic E-state index is -0.213. The summed E-state index contributed by atoms with van der Waals surface area (Å²) in [6, 6.07) is 19.5. The van der Waals surface area contributed by atoms with Crippen LogP contribution < -0.4 is 10.3 Å². The van der Waals surface area contributed by atoms with Crippen molar-refractivity contribution in [3.05, 3.63) is 99.1 Å². The lowest BCUT2D eigenvalue weighted by atomic mass is 9.89. The molecular formula is C33H37N3O4. The van der Waals surface area contributed by atoms with Gasteiger partial charge in [0, 0.05) is 59.0 Å². The number of benzene rings is 2. The number of ketones is 1. The molecule has 7 nitrogen and oxygen atoms in total. The molecule has 1 atom stereocenters. The van der Waals surface area contributed by atoms with E-state index < -0.39 is 0 Å². The van der Waals surface area contributed by atoms with Crippen molar-refractivity contribution < 1.29 is 14.3 Å². The number of carbonyl (C=O) groups excluding carboxylic acids is 2. The molecule has 1 aliphatic rings. The van der Waals surface area contributed by atoms with Crippen LogP contribution in [0.2, 0.25) is 0 Å². The highest BCUT2D eigenvalue weighted by Crippen LogP contribution is 2.36. The summed E-state index contributed by atoms with van der Waals surface area (Å²) < 4.78 is 7.74. The largest absolute Gasteiger partial charge is 0.496 e. The number of ether oxygens (including phenoxy) is 1. The fraction of sp³-hybridized carbons (Fsp3) is 0.364. The van der Waals surface area contributed by atoms with E-state index in [0.29, 0.717) is 23.7 Å². The van der Waals surface area contributed by atoms with E-state index in [0.717, 1.165) is 59.3 Å². The maximum absolute atomic E-state index is 13.7. The van der Waals surface area contributed by atoms with Gasteiger partial charge in [-0.25, -0.2) is 0 Å². The Kier molecular flexibility index (Phi) is 7.92. The molecule has 4 aromatic rings. The number of rotatable bonds is 8. The zero-order valence-electron chi connectivity index (χ0n) is 23.7. The molecule has 2 aromatic carbocycles. The minimum Gasteiger partial charge on any atom is -0.496 e. The third-order valence-corrected chi connectivity index (χ3v) is 8.42. The van der Waals surface area contributed by atoms with Gasteiger partial charge < -0.3 is 19.2 Å². The molecule has 1 N–H and O–H groups in total. The van der Waals surface area contributed by atoms with Gasteiger partial charge in [-0.05, 0) is 70.2 Å². The molecule has 40 heavy (non-hydrogen) atoms. The van der Waals surface area contributed by atoms with Crippen molar-refractivity contribution in [1.82, 2.24) is 14.5 Å². The average Bonchev–Trinajstić information content (AvgIpc) is 3.27. The van der Waals surface area contributed by atoms with E-state index in [4.69, 9.17) is 4.74 Å². The number of H-pyrrole nitrogens is 1. The molecule has 3 heterocycles. The molecule has 5 rings (SSSR count). The number of fused-ring (bicyclic) bond motifs is 1. The summed E-state index contributed by atoms with van der Waals surface area (Å²) >= 11 is 0. The third-order valence-electron chi connectivity index (χ3n) is 8.42. The lowest BCUT2D eigenvalue weighted by molar-refractivity contribution is 0.0666. The second kappa shape index (κ2) is 11.5. The smallest absolute Gasteiger partial charge is 0.255 e. The first-order chi connectivity index (χ1) is 19.3. The Labute approximate surface area is 234 Å². The Bertz CT molecular complexity index is 1590. The van der Waals surface area contributed by atoms with Crippen LogP contribution >= 0.6 is 0 Å². The zero-order valence-corrected chi connectivity index (χ0v) is 23.7. The standard InChI is InChI=1S/C33H37N3O4/c1-21-20-30(40-4)27(32(38)34-21)14-15-29(37)31-23(3)36(28-13-9-8-12-26(28)31)22(2)24-16-18-35(19-17-24)33(39)25-10-6-5-7-11-25/h5-13,20,22,24H,14-19H2,1-4H3,(H,34,38)/t22-/m1/s1. The molecule has 0 spiro atoms. The van der Waals surface area contributed by atoms with E-state index in [9.17, 15) is 14.4 Å². The summed E-state index contributed by atoms with van der Waals surface area (Å²) in [4.78, 5) is 44.0. The molecule has 0 unspecified atom stereocenters. The number of aryl methyl sites for hydroxylation is 1. The van der Waals surface area contributed by atoms with Crippen LogP contribution in [-0.4, -0.2) is 46.3 Å². The summed E-state index contributed by atoms with van der Waals surface area (Å²) in [6.45, 7) is 7.50. The quantitative estimate of drug-likeness (QED) is 0.283. The van der Waals surface area contributed by atoms with Gasteiger partial charge in [-0.15, -0.1) is 0 Å². The Morgan fingerprint density at radius 2 is 1.70 bits per heavy atom. The van der Waals surface area contributed by atoms with Crippen molar-refractivity contribution in [2.45, 2.75) is 52.5 Å². The summed E-state index contributed by atoms with van der Waals surface area (Å²) in [7, 11) is 1.54. The first kappa shape index (κ1) is 27.4. The molecule has 1 saturated heterocycles. The Hall–Kier alpha value is -4.13. The molecule has 1 amide bonds. The predicted octanol–water partition coefficient (Wildman–Crippen LogP) is 5.88. The second-order valence-electron chi connectivity index (χ2n) is 10.8. The molecule has 0 saturated carbocycles. The number of aromatic amines is 1. The van der Waals surface area contributed by atoms with Gasteiger partial charge in [0.2, 0.25) is 0 Å². The van der Waals surface area contributed by atoms with Crippen LogP contribution in [0, 0.1) is 19.8 Å². The fourth-order valence-electron chi connectivity index (χ4n) is 6.30. The topological polar surface area (TPSA) is 84.4 Å². The van der Waals surface area contributed by atoms with Gasteiger partial charge >= 0.3 is 0 Å². The normalized spacial score (nSPS) is 14.8. The number of carbonyl (C=O) groups is 2. The molecule has 7 heteroatoms. The highest BCUT2D eigenvalue weighted by molar-refractivity contribution is 6.09. The number of likely N-dealkylation sites (tertiary alicyclic amines) is 1. The van der Waals surface area contributed by atoms with Crippen LogP contribution in [-0.2, 0) is 6.42 Å². The molecular weight excluding hydrogens is 502 g/mol. The van der Waals surface area contributed by atoms with Gasteiger partial charge in [-0.2, -0.15) is 0 Å². The SMILES string of the molecule is COc1cc(C)[nH]c(=O)c1CCC(=O)c1c(C)n([C@H](C)C2CCN(C(=O)c3ccccc3)CC2)c2ccccc12. The molecule has 0 aliphatic carbocycles. The number of Topliss-reactive ketones (excluding diaryl/α,β-unsaturated/α-hetero) is 1. The monoisotopic (exact) mass is 539 g/mol. The summed E-state index contributed by atoms with van der Waals surface area (Å²) in [5.74, 6) is 1.00. The van der Waals surface area contributed by atoms with Crippen molar-refractivity contribution in [2.24, 2.45) is 5.92 Å². The van der Waals surface area contributed by atoms with Gasteiger partial charge in [0.05, 0.1) is 12.7 Å². The number of pyridine rings is 1.